The van der Waals surface area contributed by atoms with Crippen LogP contribution in [0, 0.1) is 5.82 Å². The van der Waals surface area contributed by atoms with Crippen LogP contribution in [0.1, 0.15) is 29.9 Å². The van der Waals surface area contributed by atoms with Gasteiger partial charge in [-0.15, -0.1) is 0 Å². The predicted octanol–water partition coefficient (Wildman–Crippen LogP) is 3.73. The highest BCUT2D eigenvalue weighted by Crippen LogP contribution is 2.45. The van der Waals surface area contributed by atoms with Crippen molar-refractivity contribution in [3.05, 3.63) is 34.1 Å². The molecule has 0 amide bonds. The fraction of sp³-hybridized carbons (Fsp3) is 0.300. The maximum Gasteiger partial charge on any atom is 0.178 e. The van der Waals surface area contributed by atoms with Crippen LogP contribution >= 0.6 is 23.2 Å². The maximum atomic E-state index is 13.9. The van der Waals surface area contributed by atoms with E-state index in [4.69, 9.17) is 28.4 Å². The van der Waals surface area contributed by atoms with Crippen LogP contribution in [-0.4, -0.2) is 10.4 Å². The van der Waals surface area contributed by atoms with Gasteiger partial charge in [0, 0.05) is 10.6 Å². The zero-order chi connectivity index (χ0) is 11.0. The number of hydrogen-bond acceptors (Lipinski definition) is 2. The quantitative estimate of drug-likeness (QED) is 0.482. The van der Waals surface area contributed by atoms with Gasteiger partial charge in [-0.3, -0.25) is 0 Å². The largest absolute Gasteiger partial charge is 0.410 e. The van der Waals surface area contributed by atoms with Gasteiger partial charge in [0.15, 0.2) is 5.17 Å². The Hall–Kier alpha value is -0.800. The Labute approximate surface area is 96.3 Å². The Bertz CT molecular complexity index is 430. The smallest absolute Gasteiger partial charge is 0.178 e. The third kappa shape index (κ3) is 1.94. The maximum absolute atomic E-state index is 13.9. The zero-order valence-corrected chi connectivity index (χ0v) is 9.19. The molecule has 0 aliphatic heterocycles. The van der Waals surface area contributed by atoms with E-state index in [9.17, 15) is 4.39 Å². The van der Waals surface area contributed by atoms with Gasteiger partial charge < -0.3 is 5.21 Å². The minimum absolute atomic E-state index is 0.0884. The molecule has 1 aromatic rings. The number of benzene rings is 1. The molecule has 2 rings (SSSR count). The third-order valence-corrected chi connectivity index (χ3v) is 3.03. The first-order valence-electron chi connectivity index (χ1n) is 4.51. The Morgan fingerprint density at radius 1 is 1.47 bits per heavy atom. The molecule has 1 saturated carbocycles. The summed E-state index contributed by atoms with van der Waals surface area (Å²) in [6, 6.07) is 2.98. The lowest BCUT2D eigenvalue weighted by Gasteiger charge is -2.07. The van der Waals surface area contributed by atoms with Crippen molar-refractivity contribution in [3.63, 3.8) is 0 Å². The van der Waals surface area contributed by atoms with Crippen molar-refractivity contribution in [2.24, 2.45) is 5.16 Å². The van der Waals surface area contributed by atoms with E-state index in [1.165, 1.54) is 6.07 Å². The lowest BCUT2D eigenvalue weighted by molar-refractivity contribution is 0.320. The summed E-state index contributed by atoms with van der Waals surface area (Å²) < 4.78 is 13.9. The highest BCUT2D eigenvalue weighted by atomic mass is 35.5. The summed E-state index contributed by atoms with van der Waals surface area (Å²) in [4.78, 5) is 0. The molecule has 2 nitrogen and oxygen atoms in total. The van der Waals surface area contributed by atoms with E-state index in [1.54, 1.807) is 6.07 Å². The van der Waals surface area contributed by atoms with Crippen molar-refractivity contribution >= 4 is 28.4 Å². The second-order valence-corrected chi connectivity index (χ2v) is 4.25. The van der Waals surface area contributed by atoms with E-state index in [0.29, 0.717) is 10.6 Å². The first-order chi connectivity index (χ1) is 7.15. The number of hydrogen-bond donors (Lipinski definition) is 1. The molecule has 80 valence electrons. The molecule has 1 aromatic carbocycles. The van der Waals surface area contributed by atoms with Gasteiger partial charge in [0.05, 0.1) is 5.56 Å². The van der Waals surface area contributed by atoms with Crippen molar-refractivity contribution in [3.8, 4) is 0 Å². The molecule has 1 aliphatic rings. The second kappa shape index (κ2) is 3.99. The van der Waals surface area contributed by atoms with Crippen LogP contribution in [0.15, 0.2) is 17.3 Å². The summed E-state index contributed by atoms with van der Waals surface area (Å²) in [5.41, 5.74) is 0.571. The van der Waals surface area contributed by atoms with Gasteiger partial charge >= 0.3 is 0 Å². The van der Waals surface area contributed by atoms with Gasteiger partial charge in [-0.1, -0.05) is 28.4 Å². The van der Waals surface area contributed by atoms with E-state index < -0.39 is 5.82 Å². The summed E-state index contributed by atoms with van der Waals surface area (Å²) in [6.07, 6.45) is 1.88. The topological polar surface area (TPSA) is 32.6 Å². The zero-order valence-electron chi connectivity index (χ0n) is 7.67. The molecule has 1 aliphatic carbocycles. The van der Waals surface area contributed by atoms with Gasteiger partial charge in [0.25, 0.3) is 0 Å². The van der Waals surface area contributed by atoms with E-state index in [-0.39, 0.29) is 16.7 Å². The molecule has 1 fully saturated rings. The van der Waals surface area contributed by atoms with Crippen LogP contribution in [0.3, 0.4) is 0 Å². The van der Waals surface area contributed by atoms with Gasteiger partial charge in [-0.05, 0) is 30.9 Å². The molecule has 5 heteroatoms. The first-order valence-corrected chi connectivity index (χ1v) is 5.26. The SMILES string of the molecule is O/N=C(/Cl)c1ccc(Cl)c(C2CC2)c1F. The van der Waals surface area contributed by atoms with Crippen molar-refractivity contribution < 1.29 is 9.60 Å². The summed E-state index contributed by atoms with van der Waals surface area (Å²) in [6.45, 7) is 0. The Morgan fingerprint density at radius 3 is 2.67 bits per heavy atom. The van der Waals surface area contributed by atoms with Crippen LogP contribution in [0.5, 0.6) is 0 Å². The van der Waals surface area contributed by atoms with Crippen LogP contribution in [0.4, 0.5) is 4.39 Å². The molecule has 0 radical (unpaired) electrons. The van der Waals surface area contributed by atoms with E-state index in [1.807, 2.05) is 0 Å². The number of halogens is 3. The predicted molar refractivity (Wildman–Crippen MR) is 57.6 cm³/mol. The first kappa shape index (κ1) is 10.7. The molecular formula is C10H8Cl2FNO. The fourth-order valence-corrected chi connectivity index (χ4v) is 1.97. The molecular weight excluding hydrogens is 240 g/mol. The lowest BCUT2D eigenvalue weighted by Crippen LogP contribution is -2.00. The van der Waals surface area contributed by atoms with Gasteiger partial charge in [0.1, 0.15) is 5.82 Å². The summed E-state index contributed by atoms with van der Waals surface area (Å²) in [7, 11) is 0. The highest BCUT2D eigenvalue weighted by Gasteiger charge is 2.30. The van der Waals surface area contributed by atoms with Crippen molar-refractivity contribution in [2.75, 3.05) is 0 Å². The average molecular weight is 248 g/mol. The average Bonchev–Trinajstić information content (AvgIpc) is 3.01. The lowest BCUT2D eigenvalue weighted by atomic mass is 10.1. The van der Waals surface area contributed by atoms with Gasteiger partial charge in [0.2, 0.25) is 0 Å². The molecule has 1 N–H and O–H groups in total. The molecule has 0 saturated heterocycles. The number of oxime groups is 1. The minimum Gasteiger partial charge on any atom is -0.410 e. The molecule has 0 heterocycles. The Balaban J connectivity index is 2.54. The second-order valence-electron chi connectivity index (χ2n) is 3.49. The minimum atomic E-state index is -0.479. The molecule has 0 bridgehead atoms. The number of rotatable bonds is 2. The van der Waals surface area contributed by atoms with Crippen LogP contribution in [0.25, 0.3) is 0 Å². The molecule has 0 spiro atoms. The van der Waals surface area contributed by atoms with Gasteiger partial charge in [-0.25, -0.2) is 4.39 Å². The van der Waals surface area contributed by atoms with E-state index in [0.717, 1.165) is 12.8 Å². The summed E-state index contributed by atoms with van der Waals surface area (Å²) >= 11 is 11.5. The van der Waals surface area contributed by atoms with Crippen LogP contribution in [0.2, 0.25) is 5.02 Å². The summed E-state index contributed by atoms with van der Waals surface area (Å²) in [5.74, 6) is -0.298. The Kier molecular flexibility index (Phi) is 2.85. The van der Waals surface area contributed by atoms with E-state index in [2.05, 4.69) is 5.16 Å². The summed E-state index contributed by atoms with van der Waals surface area (Å²) in [5, 5.41) is 11.4. The van der Waals surface area contributed by atoms with Crippen molar-refractivity contribution in [2.45, 2.75) is 18.8 Å². The molecule has 0 atom stereocenters. The standard InChI is InChI=1S/C10H8Cl2FNO/c11-7-4-3-6(10(12)14-15)9(13)8(7)5-1-2-5/h3-5,15H,1-2H2/b14-10+. The van der Waals surface area contributed by atoms with Crippen molar-refractivity contribution in [1.82, 2.24) is 0 Å². The highest BCUT2D eigenvalue weighted by molar-refractivity contribution is 6.69. The van der Waals surface area contributed by atoms with Gasteiger partial charge in [-0.2, -0.15) is 0 Å². The van der Waals surface area contributed by atoms with Crippen molar-refractivity contribution in [1.29, 1.82) is 0 Å². The molecule has 15 heavy (non-hydrogen) atoms. The third-order valence-electron chi connectivity index (χ3n) is 2.42. The van der Waals surface area contributed by atoms with E-state index >= 15 is 0 Å². The molecule has 0 aromatic heterocycles. The van der Waals surface area contributed by atoms with Crippen LogP contribution in [-0.2, 0) is 0 Å². The number of nitrogens with zero attached hydrogens (tertiary/aromatic N) is 1. The normalized spacial score (nSPS) is 16.9. The monoisotopic (exact) mass is 247 g/mol. The Morgan fingerprint density at radius 2 is 2.13 bits per heavy atom. The van der Waals surface area contributed by atoms with Crippen LogP contribution < -0.4 is 0 Å². The fourth-order valence-electron chi connectivity index (χ4n) is 1.53. The molecule has 0 unspecified atom stereocenters.